The second kappa shape index (κ2) is 4.48. The summed E-state index contributed by atoms with van der Waals surface area (Å²) in [4.78, 5) is 33.0. The van der Waals surface area contributed by atoms with Crippen molar-refractivity contribution in [3.63, 3.8) is 0 Å². The lowest BCUT2D eigenvalue weighted by Crippen LogP contribution is -2.35. The van der Waals surface area contributed by atoms with Crippen molar-refractivity contribution in [3.8, 4) is 0 Å². The molecule has 1 heterocycles. The highest BCUT2D eigenvalue weighted by Gasteiger charge is 2.35. The van der Waals surface area contributed by atoms with Gasteiger partial charge in [-0.1, -0.05) is 0 Å². The van der Waals surface area contributed by atoms with Crippen LogP contribution in [0.1, 0.15) is 26.3 Å². The Labute approximate surface area is 114 Å². The summed E-state index contributed by atoms with van der Waals surface area (Å²) in [6, 6.07) is 2.65. The molecule has 0 spiro atoms. The molecule has 1 aromatic rings. The highest BCUT2D eigenvalue weighted by atomic mass is 16.6. The van der Waals surface area contributed by atoms with Crippen LogP contribution in [0.3, 0.4) is 0 Å². The van der Waals surface area contributed by atoms with E-state index in [2.05, 4.69) is 10.6 Å². The predicted octanol–water partition coefficient (Wildman–Crippen LogP) is 2.35. The first-order valence-corrected chi connectivity index (χ1v) is 5.81. The molecule has 0 aromatic heterocycles. The number of nitro groups is 1. The fourth-order valence-electron chi connectivity index (χ4n) is 2.05. The molecule has 0 atom stereocenters. The van der Waals surface area contributed by atoms with E-state index in [1.165, 1.54) is 19.1 Å². The van der Waals surface area contributed by atoms with Gasteiger partial charge in [0.05, 0.1) is 10.6 Å². The first-order chi connectivity index (χ1) is 9.20. The van der Waals surface area contributed by atoms with Gasteiger partial charge in [0.1, 0.15) is 11.3 Å². The number of hydrogen-bond donors (Lipinski definition) is 2. The lowest BCUT2D eigenvalue weighted by atomic mass is 9.93. The van der Waals surface area contributed by atoms with Crippen molar-refractivity contribution in [1.82, 2.24) is 0 Å². The molecule has 1 aliphatic heterocycles. The van der Waals surface area contributed by atoms with E-state index in [0.29, 0.717) is 11.3 Å². The summed E-state index contributed by atoms with van der Waals surface area (Å²) in [6.07, 6.45) is -0.677. The molecule has 0 saturated heterocycles. The van der Waals surface area contributed by atoms with Gasteiger partial charge in [-0.3, -0.25) is 20.2 Å². The minimum absolute atomic E-state index is 0.0640. The summed E-state index contributed by atoms with van der Waals surface area (Å²) in [7, 11) is 0. The standard InChI is InChI=1S/C12H13N3O5/c1-6(16)13-9-4-7-8(5-10(9)15(18)19)14-11(17)20-12(7,2)3/h4-5H,1-3H3,(H,13,16)(H,14,17). The van der Waals surface area contributed by atoms with Gasteiger partial charge < -0.3 is 10.1 Å². The number of hydrogen-bond acceptors (Lipinski definition) is 5. The molecule has 106 valence electrons. The van der Waals surface area contributed by atoms with E-state index in [-0.39, 0.29) is 11.4 Å². The average molecular weight is 279 g/mol. The average Bonchev–Trinajstić information content (AvgIpc) is 2.27. The molecular formula is C12H13N3O5. The Hall–Kier alpha value is -2.64. The zero-order valence-corrected chi connectivity index (χ0v) is 11.1. The van der Waals surface area contributed by atoms with Crippen LogP contribution in [-0.4, -0.2) is 16.9 Å². The van der Waals surface area contributed by atoms with Gasteiger partial charge in [-0.05, 0) is 19.9 Å². The highest BCUT2D eigenvalue weighted by Crippen LogP contribution is 2.41. The third kappa shape index (κ3) is 2.40. The Kier molecular flexibility index (Phi) is 3.09. The topological polar surface area (TPSA) is 111 Å². The lowest BCUT2D eigenvalue weighted by molar-refractivity contribution is -0.383. The number of rotatable bonds is 2. The number of nitrogens with one attached hydrogen (secondary N) is 2. The number of ether oxygens (including phenoxy) is 1. The molecule has 0 unspecified atom stereocenters. The Bertz CT molecular complexity index is 624. The number of fused-ring (bicyclic) bond motifs is 1. The van der Waals surface area contributed by atoms with Crippen LogP contribution < -0.4 is 10.6 Å². The maximum absolute atomic E-state index is 11.4. The van der Waals surface area contributed by atoms with Crippen molar-refractivity contribution >= 4 is 29.1 Å². The number of carbonyl (C=O) groups excluding carboxylic acids is 2. The third-order valence-electron chi connectivity index (χ3n) is 2.88. The molecule has 0 fully saturated rings. The number of cyclic esters (lactones) is 1. The van der Waals surface area contributed by atoms with E-state index < -0.39 is 22.5 Å². The second-order valence-electron chi connectivity index (χ2n) is 4.88. The first-order valence-electron chi connectivity index (χ1n) is 5.81. The molecule has 1 aliphatic rings. The Morgan fingerprint density at radius 3 is 2.65 bits per heavy atom. The van der Waals surface area contributed by atoms with Crippen LogP contribution >= 0.6 is 0 Å². The van der Waals surface area contributed by atoms with Crippen molar-refractivity contribution in [2.45, 2.75) is 26.4 Å². The zero-order chi connectivity index (χ0) is 15.1. The smallest absolute Gasteiger partial charge is 0.412 e. The van der Waals surface area contributed by atoms with Crippen LogP contribution in [0, 0.1) is 10.1 Å². The van der Waals surface area contributed by atoms with Crippen molar-refractivity contribution < 1.29 is 19.2 Å². The van der Waals surface area contributed by atoms with Gasteiger partial charge in [0, 0.05) is 18.6 Å². The molecule has 20 heavy (non-hydrogen) atoms. The largest absolute Gasteiger partial charge is 0.438 e. The Morgan fingerprint density at radius 1 is 1.45 bits per heavy atom. The van der Waals surface area contributed by atoms with Gasteiger partial charge in [0.25, 0.3) is 5.69 Å². The van der Waals surface area contributed by atoms with Crippen LogP contribution in [0.5, 0.6) is 0 Å². The summed E-state index contributed by atoms with van der Waals surface area (Å²) in [5.74, 6) is -0.424. The van der Waals surface area contributed by atoms with Crippen molar-refractivity contribution in [2.75, 3.05) is 10.6 Å². The number of nitrogens with zero attached hydrogens (tertiary/aromatic N) is 1. The lowest BCUT2D eigenvalue weighted by Gasteiger charge is -2.32. The summed E-state index contributed by atoms with van der Waals surface area (Å²) < 4.78 is 5.13. The fourth-order valence-corrected chi connectivity index (χ4v) is 2.05. The van der Waals surface area contributed by atoms with Gasteiger partial charge in [0.2, 0.25) is 5.91 Å². The van der Waals surface area contributed by atoms with E-state index in [4.69, 9.17) is 4.74 Å². The van der Waals surface area contributed by atoms with Gasteiger partial charge in [-0.25, -0.2) is 4.79 Å². The quantitative estimate of drug-likeness (QED) is 0.637. The monoisotopic (exact) mass is 279 g/mol. The maximum atomic E-state index is 11.4. The van der Waals surface area contributed by atoms with Crippen LogP contribution in [0.15, 0.2) is 12.1 Å². The van der Waals surface area contributed by atoms with Gasteiger partial charge in [-0.15, -0.1) is 0 Å². The second-order valence-corrected chi connectivity index (χ2v) is 4.88. The van der Waals surface area contributed by atoms with E-state index in [1.54, 1.807) is 13.8 Å². The first kappa shape index (κ1) is 13.8. The summed E-state index contributed by atoms with van der Waals surface area (Å²) >= 11 is 0. The van der Waals surface area contributed by atoms with Gasteiger partial charge >= 0.3 is 6.09 Å². The molecule has 2 amide bonds. The Balaban J connectivity index is 2.63. The molecule has 0 bridgehead atoms. The van der Waals surface area contributed by atoms with Crippen LogP contribution in [0.4, 0.5) is 21.9 Å². The number of anilines is 2. The number of nitro benzene ring substituents is 1. The summed E-state index contributed by atoms with van der Waals surface area (Å²) in [6.45, 7) is 4.58. The van der Waals surface area contributed by atoms with Gasteiger partial charge in [0.15, 0.2) is 0 Å². The molecule has 0 aliphatic carbocycles. The fraction of sp³-hybridized carbons (Fsp3) is 0.333. The van der Waals surface area contributed by atoms with Crippen LogP contribution in [-0.2, 0) is 15.1 Å². The van der Waals surface area contributed by atoms with E-state index in [1.807, 2.05) is 0 Å². The van der Waals surface area contributed by atoms with E-state index in [9.17, 15) is 19.7 Å². The number of benzene rings is 1. The maximum Gasteiger partial charge on any atom is 0.412 e. The van der Waals surface area contributed by atoms with Crippen molar-refractivity contribution in [3.05, 3.63) is 27.8 Å². The molecule has 2 rings (SSSR count). The predicted molar refractivity (Wildman–Crippen MR) is 70.5 cm³/mol. The molecule has 0 saturated carbocycles. The molecule has 1 aromatic carbocycles. The molecular weight excluding hydrogens is 266 g/mol. The minimum Gasteiger partial charge on any atom is -0.438 e. The van der Waals surface area contributed by atoms with E-state index >= 15 is 0 Å². The zero-order valence-electron chi connectivity index (χ0n) is 11.1. The van der Waals surface area contributed by atoms with E-state index in [0.717, 1.165) is 0 Å². The molecule has 2 N–H and O–H groups in total. The van der Waals surface area contributed by atoms with Crippen LogP contribution in [0.2, 0.25) is 0 Å². The summed E-state index contributed by atoms with van der Waals surface area (Å²) in [5.41, 5.74) is -0.329. The summed E-state index contributed by atoms with van der Waals surface area (Å²) in [5, 5.41) is 15.9. The van der Waals surface area contributed by atoms with Crippen LogP contribution in [0.25, 0.3) is 0 Å². The Morgan fingerprint density at radius 2 is 2.10 bits per heavy atom. The molecule has 8 nitrogen and oxygen atoms in total. The highest BCUT2D eigenvalue weighted by molar-refractivity contribution is 5.95. The van der Waals surface area contributed by atoms with Crippen molar-refractivity contribution in [1.29, 1.82) is 0 Å². The SMILES string of the molecule is CC(=O)Nc1cc2c(cc1[N+](=O)[O-])NC(=O)OC2(C)C. The normalized spacial score (nSPS) is 15.7. The van der Waals surface area contributed by atoms with Crippen molar-refractivity contribution in [2.24, 2.45) is 0 Å². The molecule has 8 heteroatoms. The number of amides is 2. The number of carbonyl (C=O) groups is 2. The van der Waals surface area contributed by atoms with Gasteiger partial charge in [-0.2, -0.15) is 0 Å². The minimum atomic E-state index is -0.944. The third-order valence-corrected chi connectivity index (χ3v) is 2.88. The molecule has 0 radical (unpaired) electrons.